The minimum atomic E-state index is -0.646. The molecule has 0 saturated heterocycles. The summed E-state index contributed by atoms with van der Waals surface area (Å²) in [6, 6.07) is 65.2. The molecule has 0 radical (unpaired) electrons. The number of fused-ring (bicyclic) bond motifs is 14. The van der Waals surface area contributed by atoms with Crippen molar-refractivity contribution in [2.75, 3.05) is 0 Å². The Labute approximate surface area is 385 Å². The number of benzene rings is 9. The number of hydrogen-bond donors (Lipinski definition) is 1. The lowest BCUT2D eigenvalue weighted by Crippen LogP contribution is -2.46. The van der Waals surface area contributed by atoms with Crippen LogP contribution in [0.15, 0.2) is 214 Å². The predicted octanol–water partition coefficient (Wildman–Crippen LogP) is 14.2. The number of ether oxygens (including phenoxy) is 1. The highest BCUT2D eigenvalue weighted by molar-refractivity contribution is 6.19. The maximum Gasteiger partial charge on any atom is 0.160 e. The standard InChI is InChI=1S/C61H40N4O2/c1-61-48-30-36-15-3-5-17-38(36)32-54(48)67-55(61)34-41(65-50-25-10-8-21-43(50)47-29-35-14-2-4-16-37(35)31-51(47)65)33-49(61)60-63-58(45-23-12-19-40-28-39-18-6-7-20-42(39)56(40)45)62-59(64-60)46-24-13-27-53-57(46)44-22-9-11-26-52(44)66-53/h2-27,29-34,55,59H,28H2,1H3,(H,62,63,64). The summed E-state index contributed by atoms with van der Waals surface area (Å²) in [5.41, 5.74) is 13.6. The fourth-order valence-corrected chi connectivity index (χ4v) is 11.8. The summed E-state index contributed by atoms with van der Waals surface area (Å²) in [5.74, 6) is 2.34. The largest absolute Gasteiger partial charge is 0.485 e. The van der Waals surface area contributed by atoms with Gasteiger partial charge in [-0.05, 0) is 112 Å². The molecule has 6 nitrogen and oxygen atoms in total. The zero-order valence-corrected chi connectivity index (χ0v) is 36.5. The average molecular weight is 861 g/mol. The van der Waals surface area contributed by atoms with E-state index in [0.29, 0.717) is 5.84 Å². The van der Waals surface area contributed by atoms with Gasteiger partial charge >= 0.3 is 0 Å². The van der Waals surface area contributed by atoms with Crippen LogP contribution in [0.4, 0.5) is 0 Å². The molecule has 4 aliphatic rings. The lowest BCUT2D eigenvalue weighted by molar-refractivity contribution is 0.224. The Morgan fingerprint density at radius 1 is 0.612 bits per heavy atom. The SMILES string of the molecule is CC12C(C3=NC(c4cccc5c4-c4ccccc4C5)=NC(c4cccc5oc6ccccc6c45)N3)=CC(n3c4ccccc4c4cc5ccccc5cc43)=CC1Oc1cc3ccccc3cc12. The van der Waals surface area contributed by atoms with E-state index in [0.717, 1.165) is 84.3 Å². The van der Waals surface area contributed by atoms with E-state index in [2.05, 4.69) is 199 Å². The molecule has 0 amide bonds. The molecule has 3 atom stereocenters. The van der Waals surface area contributed by atoms with Gasteiger partial charge < -0.3 is 19.0 Å². The molecule has 2 aliphatic carbocycles. The summed E-state index contributed by atoms with van der Waals surface area (Å²) in [4.78, 5) is 11.4. The lowest BCUT2D eigenvalue weighted by Gasteiger charge is -2.38. The number of aromatic nitrogens is 1. The van der Waals surface area contributed by atoms with Crippen LogP contribution in [-0.4, -0.2) is 22.3 Å². The first-order chi connectivity index (χ1) is 33.0. The summed E-state index contributed by atoms with van der Waals surface area (Å²) in [6.07, 6.45) is 4.72. The van der Waals surface area contributed by atoms with E-state index < -0.39 is 11.6 Å². The summed E-state index contributed by atoms with van der Waals surface area (Å²) < 4.78 is 16.1. The molecule has 0 spiro atoms. The number of furan rings is 1. The maximum atomic E-state index is 7.23. The summed E-state index contributed by atoms with van der Waals surface area (Å²) in [7, 11) is 0. The Kier molecular flexibility index (Phi) is 7.44. The van der Waals surface area contributed by atoms with Crippen molar-refractivity contribution in [2.24, 2.45) is 9.98 Å². The van der Waals surface area contributed by atoms with Crippen LogP contribution >= 0.6 is 0 Å². The molecule has 11 aromatic rings. The third-order valence-electron chi connectivity index (χ3n) is 15.0. The van der Waals surface area contributed by atoms with Gasteiger partial charge in [0.2, 0.25) is 0 Å². The molecule has 67 heavy (non-hydrogen) atoms. The monoisotopic (exact) mass is 860 g/mol. The van der Waals surface area contributed by atoms with E-state index in [1.54, 1.807) is 0 Å². The highest BCUT2D eigenvalue weighted by Crippen LogP contribution is 2.53. The second kappa shape index (κ2) is 13.5. The number of amidine groups is 2. The fourth-order valence-electron chi connectivity index (χ4n) is 11.8. The number of rotatable bonds is 4. The molecule has 316 valence electrons. The van der Waals surface area contributed by atoms with Crippen LogP contribution in [0.1, 0.15) is 40.9 Å². The summed E-state index contributed by atoms with van der Waals surface area (Å²) in [5, 5.41) is 13.3. The number of aliphatic imine (C=N–C) groups is 2. The second-order valence-corrected chi connectivity index (χ2v) is 18.6. The molecule has 0 bridgehead atoms. The Bertz CT molecular complexity index is 4130. The average Bonchev–Trinajstić information content (AvgIpc) is 4.12. The summed E-state index contributed by atoms with van der Waals surface area (Å²) in [6.45, 7) is 2.34. The third kappa shape index (κ3) is 5.21. The van der Waals surface area contributed by atoms with Gasteiger partial charge in [0.15, 0.2) is 5.84 Å². The molecule has 2 aliphatic heterocycles. The Morgan fingerprint density at radius 3 is 2.18 bits per heavy atom. The van der Waals surface area contributed by atoms with E-state index in [4.69, 9.17) is 19.1 Å². The Hall–Kier alpha value is -8.48. The van der Waals surface area contributed by atoms with Crippen LogP contribution in [0.5, 0.6) is 5.75 Å². The van der Waals surface area contributed by atoms with Gasteiger partial charge in [0.1, 0.15) is 35.0 Å². The van der Waals surface area contributed by atoms with Crippen molar-refractivity contribution in [3.8, 4) is 16.9 Å². The van der Waals surface area contributed by atoms with Crippen LogP contribution in [0.2, 0.25) is 0 Å². The zero-order chi connectivity index (χ0) is 44.0. The van der Waals surface area contributed by atoms with Crippen molar-refractivity contribution < 1.29 is 9.15 Å². The molecule has 6 heteroatoms. The quantitative estimate of drug-likeness (QED) is 0.192. The minimum Gasteiger partial charge on any atom is -0.485 e. The second-order valence-electron chi connectivity index (χ2n) is 18.6. The van der Waals surface area contributed by atoms with Gasteiger partial charge in [-0.25, -0.2) is 9.98 Å². The van der Waals surface area contributed by atoms with Gasteiger partial charge in [-0.1, -0.05) is 140 Å². The zero-order valence-electron chi connectivity index (χ0n) is 36.5. The smallest absolute Gasteiger partial charge is 0.160 e. The first kappa shape index (κ1) is 36.8. The molecule has 0 fully saturated rings. The molecule has 3 unspecified atom stereocenters. The molecule has 15 rings (SSSR count). The van der Waals surface area contributed by atoms with E-state index in [9.17, 15) is 0 Å². The molecular weight excluding hydrogens is 821 g/mol. The number of para-hydroxylation sites is 2. The van der Waals surface area contributed by atoms with Crippen molar-refractivity contribution in [1.82, 2.24) is 9.88 Å². The van der Waals surface area contributed by atoms with E-state index in [1.807, 2.05) is 12.1 Å². The first-order valence-electron chi connectivity index (χ1n) is 23.2. The first-order valence-corrected chi connectivity index (χ1v) is 23.2. The maximum absolute atomic E-state index is 7.23. The van der Waals surface area contributed by atoms with Crippen molar-refractivity contribution >= 4 is 82.7 Å². The molecule has 9 aromatic carbocycles. The molecule has 2 aromatic heterocycles. The molecule has 1 N–H and O–H groups in total. The third-order valence-corrected chi connectivity index (χ3v) is 15.0. The van der Waals surface area contributed by atoms with Gasteiger partial charge in [-0.2, -0.15) is 0 Å². The van der Waals surface area contributed by atoms with Crippen LogP contribution in [-0.2, 0) is 11.8 Å². The van der Waals surface area contributed by atoms with Crippen LogP contribution < -0.4 is 10.1 Å². The molecule has 4 heterocycles. The summed E-state index contributed by atoms with van der Waals surface area (Å²) >= 11 is 0. The van der Waals surface area contributed by atoms with Crippen LogP contribution in [0, 0.1) is 0 Å². The normalized spacial score (nSPS) is 19.4. The molecular formula is C61H40N4O2. The van der Waals surface area contributed by atoms with Gasteiger partial charge in [-0.15, -0.1) is 0 Å². The van der Waals surface area contributed by atoms with E-state index in [-0.39, 0.29) is 6.10 Å². The molecule has 0 saturated carbocycles. The van der Waals surface area contributed by atoms with Crippen LogP contribution in [0.25, 0.3) is 82.1 Å². The van der Waals surface area contributed by atoms with Crippen molar-refractivity contribution in [2.45, 2.75) is 31.0 Å². The van der Waals surface area contributed by atoms with Gasteiger partial charge in [0.05, 0.1) is 16.4 Å². The topological polar surface area (TPSA) is 64.0 Å². The van der Waals surface area contributed by atoms with Crippen molar-refractivity contribution in [3.05, 3.63) is 228 Å². The fraction of sp³-hybridized carbons (Fsp3) is 0.0820. The lowest BCUT2D eigenvalue weighted by atomic mass is 9.69. The van der Waals surface area contributed by atoms with Crippen molar-refractivity contribution in [3.63, 3.8) is 0 Å². The number of allylic oxidation sites excluding steroid dienone is 2. The Morgan fingerprint density at radius 2 is 1.30 bits per heavy atom. The van der Waals surface area contributed by atoms with E-state index >= 15 is 0 Å². The number of nitrogens with zero attached hydrogens (tertiary/aromatic N) is 3. The highest BCUT2D eigenvalue weighted by Gasteiger charge is 2.51. The minimum absolute atomic E-state index is 0.356. The van der Waals surface area contributed by atoms with Gasteiger partial charge in [0, 0.05) is 49.5 Å². The number of nitrogens with one attached hydrogen (secondary N) is 1. The predicted molar refractivity (Wildman–Crippen MR) is 273 cm³/mol. The highest BCUT2D eigenvalue weighted by atomic mass is 16.5. The van der Waals surface area contributed by atoms with Crippen LogP contribution in [0.3, 0.4) is 0 Å². The van der Waals surface area contributed by atoms with Crippen molar-refractivity contribution in [1.29, 1.82) is 0 Å². The van der Waals surface area contributed by atoms with E-state index in [1.165, 1.54) is 49.2 Å². The van der Waals surface area contributed by atoms with Gasteiger partial charge in [-0.3, -0.25) is 0 Å². The Balaban J connectivity index is 1.01. The van der Waals surface area contributed by atoms with Gasteiger partial charge in [0.25, 0.3) is 0 Å². The number of hydrogen-bond acceptors (Lipinski definition) is 5.